The van der Waals surface area contributed by atoms with Crippen LogP contribution in [0.15, 0.2) is 146 Å². The summed E-state index contributed by atoms with van der Waals surface area (Å²) in [6.07, 6.45) is 1.69. The fourth-order valence-corrected chi connectivity index (χ4v) is 10.3. The second-order valence-corrected chi connectivity index (χ2v) is 14.2. The molecule has 1 unspecified atom stereocenters. The van der Waals surface area contributed by atoms with Crippen LogP contribution in [0.2, 0.25) is 0 Å². The first-order valence-electron chi connectivity index (χ1n) is 15.3. The Kier molecular flexibility index (Phi) is 5.17. The van der Waals surface area contributed by atoms with Crippen LogP contribution in [0, 0.1) is 0 Å². The summed E-state index contributed by atoms with van der Waals surface area (Å²) in [5, 5.41) is 14.1. The quantitative estimate of drug-likeness (QED) is 0.195. The Morgan fingerprint density at radius 1 is 0.522 bits per heavy atom. The predicted molar refractivity (Wildman–Crippen MR) is 190 cm³/mol. The molecular formula is C39H26N5OP. The number of para-hydroxylation sites is 5. The van der Waals surface area contributed by atoms with Gasteiger partial charge in [0, 0.05) is 49.6 Å². The minimum absolute atomic E-state index is 0.560. The summed E-state index contributed by atoms with van der Waals surface area (Å²) in [5.41, 5.74) is 8.51. The highest BCUT2D eigenvalue weighted by atomic mass is 31.2. The molecule has 0 spiro atoms. The maximum Gasteiger partial charge on any atom is 0.318 e. The Hall–Kier alpha value is -5.84. The van der Waals surface area contributed by atoms with Crippen LogP contribution < -0.4 is 5.44 Å². The zero-order valence-electron chi connectivity index (χ0n) is 24.6. The van der Waals surface area contributed by atoms with Crippen LogP contribution in [0.4, 0.5) is 0 Å². The van der Waals surface area contributed by atoms with Gasteiger partial charge in [-0.25, -0.2) is 0 Å². The van der Waals surface area contributed by atoms with Crippen molar-refractivity contribution in [2.45, 2.75) is 0 Å². The van der Waals surface area contributed by atoms with Crippen LogP contribution in [-0.4, -0.2) is 23.9 Å². The van der Waals surface area contributed by atoms with Gasteiger partial charge in [-0.1, -0.05) is 103 Å². The molecule has 0 aliphatic carbocycles. The molecule has 7 heteroatoms. The summed E-state index contributed by atoms with van der Waals surface area (Å²) in [5.74, 6) is 0. The smallest absolute Gasteiger partial charge is 0.318 e. The normalized spacial score (nSPS) is 13.5. The van der Waals surface area contributed by atoms with Gasteiger partial charge in [-0.2, -0.15) is 5.10 Å². The van der Waals surface area contributed by atoms with Gasteiger partial charge in [0.05, 0.1) is 27.6 Å². The van der Waals surface area contributed by atoms with Crippen molar-refractivity contribution in [2.24, 2.45) is 0 Å². The van der Waals surface area contributed by atoms with Crippen molar-refractivity contribution >= 4 is 78.3 Å². The average Bonchev–Trinajstić information content (AvgIpc) is 3.90. The lowest BCUT2D eigenvalue weighted by Crippen LogP contribution is -2.19. The summed E-state index contributed by atoms with van der Waals surface area (Å²) in [7, 11) is -3.69. The molecular weight excluding hydrogens is 585 g/mol. The van der Waals surface area contributed by atoms with Crippen molar-refractivity contribution in [2.75, 3.05) is 0 Å². The highest BCUT2D eigenvalue weighted by Gasteiger charge is 2.37. The van der Waals surface area contributed by atoms with Crippen molar-refractivity contribution in [3.05, 3.63) is 146 Å². The molecule has 10 rings (SSSR count). The first-order valence-corrected chi connectivity index (χ1v) is 17.0. The fraction of sp³-hybridized carbons (Fsp3) is 0. The van der Waals surface area contributed by atoms with Gasteiger partial charge in [0.1, 0.15) is 5.44 Å². The third-order valence-electron chi connectivity index (χ3n) is 9.40. The topological polar surface area (TPSA) is 71.4 Å². The van der Waals surface area contributed by atoms with E-state index in [0.717, 1.165) is 65.8 Å². The Morgan fingerprint density at radius 3 is 1.74 bits per heavy atom. The van der Waals surface area contributed by atoms with E-state index in [0.29, 0.717) is 5.44 Å². The molecule has 0 saturated carbocycles. The molecule has 0 radical (unpaired) electrons. The van der Waals surface area contributed by atoms with E-state index in [1.54, 1.807) is 6.20 Å². The van der Waals surface area contributed by atoms with Crippen LogP contribution in [-0.2, 0) is 4.57 Å². The Labute approximate surface area is 263 Å². The third-order valence-corrected chi connectivity index (χ3v) is 12.2. The lowest BCUT2D eigenvalue weighted by atomic mass is 10.0. The zero-order chi connectivity index (χ0) is 30.4. The van der Waals surface area contributed by atoms with Gasteiger partial charge in [-0.3, -0.25) is 18.3 Å². The molecule has 46 heavy (non-hydrogen) atoms. The number of rotatable bonds is 4. The lowest BCUT2D eigenvalue weighted by molar-refractivity contribution is 0.572. The Balaban J connectivity index is 1.35. The molecule has 0 bridgehead atoms. The van der Waals surface area contributed by atoms with Crippen LogP contribution in [0.3, 0.4) is 0 Å². The van der Waals surface area contributed by atoms with E-state index in [-0.39, 0.29) is 0 Å². The summed E-state index contributed by atoms with van der Waals surface area (Å²) in [4.78, 5) is 3.67. The summed E-state index contributed by atoms with van der Waals surface area (Å²) in [6, 6.07) is 48.0. The molecule has 0 fully saturated rings. The molecule has 4 heterocycles. The molecule has 218 valence electrons. The van der Waals surface area contributed by atoms with Crippen molar-refractivity contribution in [3.63, 3.8) is 0 Å². The van der Waals surface area contributed by atoms with E-state index in [9.17, 15) is 0 Å². The molecule has 0 amide bonds. The monoisotopic (exact) mass is 611 g/mol. The molecule has 4 aromatic heterocycles. The van der Waals surface area contributed by atoms with Crippen LogP contribution in [0.25, 0.3) is 76.5 Å². The number of hydrogen-bond acceptors (Lipinski definition) is 2. The number of hydrogen-bond donors (Lipinski definition) is 2. The number of H-pyrrole nitrogens is 2. The lowest BCUT2D eigenvalue weighted by Gasteiger charge is -2.24. The van der Waals surface area contributed by atoms with E-state index in [1.807, 2.05) is 46.8 Å². The van der Waals surface area contributed by atoms with Gasteiger partial charge in [0.15, 0.2) is 0 Å². The van der Waals surface area contributed by atoms with E-state index in [2.05, 4.69) is 117 Å². The highest BCUT2D eigenvalue weighted by Crippen LogP contribution is 2.56. The number of fused-ring (bicyclic) bond motifs is 9. The molecule has 10 aromatic rings. The summed E-state index contributed by atoms with van der Waals surface area (Å²) >= 11 is 0. The first-order chi connectivity index (χ1) is 22.7. The maximum absolute atomic E-state index is 16.5. The van der Waals surface area contributed by atoms with Crippen molar-refractivity contribution in [1.82, 2.24) is 23.9 Å². The first kappa shape index (κ1) is 25.5. The number of nitrogens with one attached hydrogen (secondary N) is 2. The Bertz CT molecular complexity index is 2800. The van der Waals surface area contributed by atoms with Crippen molar-refractivity contribution in [1.29, 1.82) is 0 Å². The SMILES string of the molecule is O=P(c1ccn[nH]1)(n1c2ccccc2c2ccccc21)n1c2ccccc2c2ccc(-c3cccc4c3[nH]c3ccccc34)cc21. The third kappa shape index (κ3) is 3.31. The molecule has 2 N–H and O–H groups in total. The fourth-order valence-electron chi connectivity index (χ4n) is 7.43. The van der Waals surface area contributed by atoms with Gasteiger partial charge >= 0.3 is 7.44 Å². The highest BCUT2D eigenvalue weighted by molar-refractivity contribution is 7.69. The molecule has 0 aliphatic rings. The van der Waals surface area contributed by atoms with Crippen LogP contribution in [0.1, 0.15) is 0 Å². The predicted octanol–water partition coefficient (Wildman–Crippen LogP) is 9.84. The standard InChI is InChI=1S/C39H26N5OP/c45-46(38-22-23-40-42-38,43-34-17-6-2-11-28(34)29-12-3-7-18-35(29)43)44-36-19-8-4-13-30(36)31-21-20-25(24-37(31)44)26-14-9-15-32-27-10-1-5-16-33(27)41-39(26)32/h1-24,41H,(H,40,42). The van der Waals surface area contributed by atoms with E-state index in [1.165, 1.54) is 10.8 Å². The van der Waals surface area contributed by atoms with Crippen LogP contribution in [0.5, 0.6) is 0 Å². The molecule has 6 aromatic carbocycles. The van der Waals surface area contributed by atoms with E-state index in [4.69, 9.17) is 0 Å². The zero-order valence-corrected chi connectivity index (χ0v) is 25.4. The summed E-state index contributed by atoms with van der Waals surface area (Å²) in [6.45, 7) is 0. The minimum atomic E-state index is -3.69. The van der Waals surface area contributed by atoms with Crippen molar-refractivity contribution < 1.29 is 4.57 Å². The number of nitrogens with zero attached hydrogens (tertiary/aromatic N) is 3. The molecule has 0 saturated heterocycles. The van der Waals surface area contributed by atoms with E-state index < -0.39 is 7.44 Å². The Morgan fingerprint density at radius 2 is 1.09 bits per heavy atom. The minimum Gasteiger partial charge on any atom is -0.354 e. The number of benzene rings is 6. The average molecular weight is 612 g/mol. The number of aromatic nitrogens is 5. The largest absolute Gasteiger partial charge is 0.354 e. The second kappa shape index (κ2) is 9.33. The van der Waals surface area contributed by atoms with Gasteiger partial charge in [-0.15, -0.1) is 0 Å². The maximum atomic E-state index is 16.5. The second-order valence-electron chi connectivity index (χ2n) is 11.8. The molecule has 0 aliphatic heterocycles. The van der Waals surface area contributed by atoms with Gasteiger partial charge in [0.2, 0.25) is 0 Å². The van der Waals surface area contributed by atoms with Crippen LogP contribution >= 0.6 is 7.44 Å². The van der Waals surface area contributed by atoms with Gasteiger partial charge < -0.3 is 4.98 Å². The van der Waals surface area contributed by atoms with E-state index >= 15 is 4.57 Å². The van der Waals surface area contributed by atoms with Crippen molar-refractivity contribution in [3.8, 4) is 11.1 Å². The molecule has 6 nitrogen and oxygen atoms in total. The number of aromatic amines is 2. The summed E-state index contributed by atoms with van der Waals surface area (Å²) < 4.78 is 20.6. The van der Waals surface area contributed by atoms with Gasteiger partial charge in [0.25, 0.3) is 0 Å². The van der Waals surface area contributed by atoms with Gasteiger partial charge in [-0.05, 0) is 42.0 Å². The molecule has 1 atom stereocenters.